The topological polar surface area (TPSA) is 48.5 Å². The maximum absolute atomic E-state index is 12.5. The molecule has 2 heterocycles. The minimum Gasteiger partial charge on any atom is -0.354 e. The molecule has 166 valence electrons. The van der Waals surface area contributed by atoms with E-state index in [0.29, 0.717) is 15.6 Å². The smallest absolute Gasteiger partial charge is 0.251 e. The summed E-state index contributed by atoms with van der Waals surface area (Å²) in [5, 5.41) is 4.05. The van der Waals surface area contributed by atoms with Crippen LogP contribution in [-0.4, -0.2) is 54.6 Å². The van der Waals surface area contributed by atoms with Crippen LogP contribution in [0.3, 0.4) is 0 Å². The second kappa shape index (κ2) is 10.7. The van der Waals surface area contributed by atoms with Crippen LogP contribution in [0.5, 0.6) is 0 Å². The van der Waals surface area contributed by atoms with Crippen LogP contribution < -0.4 is 10.2 Å². The van der Waals surface area contributed by atoms with Crippen LogP contribution in [0.15, 0.2) is 42.6 Å². The van der Waals surface area contributed by atoms with Gasteiger partial charge >= 0.3 is 0 Å². The molecule has 1 aliphatic heterocycles. The molecule has 0 spiro atoms. The lowest BCUT2D eigenvalue weighted by Crippen LogP contribution is -2.47. The van der Waals surface area contributed by atoms with Gasteiger partial charge in [0.25, 0.3) is 5.91 Å². The molecular weight excluding hydrogens is 431 g/mol. The van der Waals surface area contributed by atoms with Crippen LogP contribution >= 0.6 is 23.2 Å². The van der Waals surface area contributed by atoms with Crippen molar-refractivity contribution in [2.45, 2.75) is 38.1 Å². The van der Waals surface area contributed by atoms with Gasteiger partial charge in [-0.15, -0.1) is 0 Å². The van der Waals surface area contributed by atoms with Gasteiger partial charge in [0.1, 0.15) is 5.82 Å². The predicted molar refractivity (Wildman–Crippen MR) is 127 cm³/mol. The largest absolute Gasteiger partial charge is 0.354 e. The van der Waals surface area contributed by atoms with Gasteiger partial charge in [0, 0.05) is 44.0 Å². The number of benzene rings is 1. The van der Waals surface area contributed by atoms with Crippen LogP contribution in [0, 0.1) is 5.92 Å². The summed E-state index contributed by atoms with van der Waals surface area (Å²) in [4.78, 5) is 21.9. The molecule has 1 N–H and O–H groups in total. The Kier molecular flexibility index (Phi) is 7.70. The Morgan fingerprint density at radius 2 is 1.77 bits per heavy atom. The monoisotopic (exact) mass is 460 g/mol. The maximum atomic E-state index is 12.5. The number of hydrogen-bond donors (Lipinski definition) is 1. The fraction of sp³-hybridized carbons (Fsp3) is 0.500. The molecule has 31 heavy (non-hydrogen) atoms. The third-order valence-electron chi connectivity index (χ3n) is 6.56. The molecule has 1 amide bonds. The molecule has 2 aliphatic rings. The average Bonchev–Trinajstić information content (AvgIpc) is 2.81. The van der Waals surface area contributed by atoms with Crippen LogP contribution in [0.25, 0.3) is 0 Å². The van der Waals surface area contributed by atoms with E-state index < -0.39 is 0 Å². The number of anilines is 1. The van der Waals surface area contributed by atoms with Gasteiger partial charge in [-0.2, -0.15) is 0 Å². The van der Waals surface area contributed by atoms with Crippen molar-refractivity contribution in [1.29, 1.82) is 0 Å². The Bertz CT molecular complexity index is 863. The van der Waals surface area contributed by atoms with Crippen LogP contribution in [-0.2, 0) is 0 Å². The summed E-state index contributed by atoms with van der Waals surface area (Å²) in [6, 6.07) is 11.4. The fourth-order valence-electron chi connectivity index (χ4n) is 4.61. The molecule has 1 aromatic heterocycles. The Morgan fingerprint density at radius 1 is 1.00 bits per heavy atom. The predicted octanol–water partition coefficient (Wildman–Crippen LogP) is 4.89. The quantitative estimate of drug-likeness (QED) is 0.666. The minimum atomic E-state index is -0.0622. The van der Waals surface area contributed by atoms with E-state index in [1.807, 2.05) is 12.3 Å². The van der Waals surface area contributed by atoms with E-state index in [1.165, 1.54) is 25.8 Å². The van der Waals surface area contributed by atoms with Gasteiger partial charge in [-0.1, -0.05) is 29.3 Å². The van der Waals surface area contributed by atoms with Gasteiger partial charge in [-0.3, -0.25) is 9.69 Å². The van der Waals surface area contributed by atoms with Gasteiger partial charge in [0.05, 0.1) is 10.0 Å². The van der Waals surface area contributed by atoms with Gasteiger partial charge < -0.3 is 10.2 Å². The number of aromatic nitrogens is 1. The Hall–Kier alpha value is -1.82. The molecule has 2 fully saturated rings. The lowest BCUT2D eigenvalue weighted by atomic mass is 9.84. The van der Waals surface area contributed by atoms with Crippen LogP contribution in [0.1, 0.15) is 42.5 Å². The lowest BCUT2D eigenvalue weighted by Gasteiger charge is -2.36. The van der Waals surface area contributed by atoms with Crippen LogP contribution in [0.2, 0.25) is 10.0 Å². The number of carbonyl (C=O) groups is 1. The normalized spacial score (nSPS) is 22.3. The number of rotatable bonds is 6. The van der Waals surface area contributed by atoms with Crippen molar-refractivity contribution in [3.05, 3.63) is 58.2 Å². The third kappa shape index (κ3) is 6.12. The first kappa shape index (κ1) is 22.4. The Balaban J connectivity index is 1.15. The molecule has 0 unspecified atom stereocenters. The minimum absolute atomic E-state index is 0.0622. The summed E-state index contributed by atoms with van der Waals surface area (Å²) in [6.07, 6.45) is 7.57. The van der Waals surface area contributed by atoms with Crippen molar-refractivity contribution < 1.29 is 4.79 Å². The zero-order chi connectivity index (χ0) is 21.6. The van der Waals surface area contributed by atoms with E-state index in [2.05, 4.69) is 32.2 Å². The molecule has 1 saturated heterocycles. The summed E-state index contributed by atoms with van der Waals surface area (Å²) in [5.74, 6) is 1.78. The van der Waals surface area contributed by atoms with Gasteiger partial charge in [-0.05, 0) is 74.9 Å². The molecule has 1 aliphatic carbocycles. The molecule has 1 saturated carbocycles. The number of amides is 1. The number of pyridine rings is 1. The van der Waals surface area contributed by atoms with E-state index >= 15 is 0 Å². The Morgan fingerprint density at radius 3 is 2.45 bits per heavy atom. The number of carbonyl (C=O) groups excluding carboxylic acids is 1. The van der Waals surface area contributed by atoms with Crippen molar-refractivity contribution in [3.8, 4) is 0 Å². The zero-order valence-corrected chi connectivity index (χ0v) is 19.3. The van der Waals surface area contributed by atoms with E-state index in [0.717, 1.165) is 50.8 Å². The van der Waals surface area contributed by atoms with E-state index in [9.17, 15) is 4.79 Å². The van der Waals surface area contributed by atoms with E-state index in [4.69, 9.17) is 23.2 Å². The summed E-state index contributed by atoms with van der Waals surface area (Å²) in [5.41, 5.74) is 0.571. The lowest BCUT2D eigenvalue weighted by molar-refractivity contribution is 0.0919. The molecule has 5 nitrogen and oxygen atoms in total. The number of piperazine rings is 1. The second-order valence-corrected chi connectivity index (χ2v) is 9.44. The zero-order valence-electron chi connectivity index (χ0n) is 17.8. The summed E-state index contributed by atoms with van der Waals surface area (Å²) < 4.78 is 0. The van der Waals surface area contributed by atoms with Crippen molar-refractivity contribution >= 4 is 34.9 Å². The number of hydrogen-bond acceptors (Lipinski definition) is 4. The van der Waals surface area contributed by atoms with Gasteiger partial charge in [0.15, 0.2) is 0 Å². The van der Waals surface area contributed by atoms with E-state index in [1.54, 1.807) is 18.2 Å². The fourth-order valence-corrected chi connectivity index (χ4v) is 4.91. The first-order valence-corrected chi connectivity index (χ1v) is 12.0. The maximum Gasteiger partial charge on any atom is 0.251 e. The first-order chi connectivity index (χ1) is 15.1. The van der Waals surface area contributed by atoms with E-state index in [-0.39, 0.29) is 11.9 Å². The molecule has 0 radical (unpaired) electrons. The van der Waals surface area contributed by atoms with Crippen LogP contribution in [0.4, 0.5) is 5.82 Å². The molecule has 4 rings (SSSR count). The standard InChI is InChI=1S/C24H30Cl2N4O/c25-21-9-6-19(17-22(21)26)24(31)28-20-7-4-18(5-8-20)10-12-29-13-15-30(16-14-29)23-3-1-2-11-27-23/h1-3,6,9,11,17-18,20H,4-5,7-8,10,12-16H2,(H,28,31). The molecule has 7 heteroatoms. The highest BCUT2D eigenvalue weighted by atomic mass is 35.5. The molecule has 1 aromatic carbocycles. The second-order valence-electron chi connectivity index (χ2n) is 8.63. The first-order valence-electron chi connectivity index (χ1n) is 11.2. The van der Waals surface area contributed by atoms with Crippen molar-refractivity contribution in [1.82, 2.24) is 15.2 Å². The number of halogens is 2. The van der Waals surface area contributed by atoms with Crippen molar-refractivity contribution in [2.24, 2.45) is 5.92 Å². The third-order valence-corrected chi connectivity index (χ3v) is 7.30. The molecule has 0 atom stereocenters. The Labute approximate surface area is 194 Å². The summed E-state index contributed by atoms with van der Waals surface area (Å²) >= 11 is 12.0. The molecule has 0 bridgehead atoms. The number of nitrogens with one attached hydrogen (secondary N) is 1. The highest BCUT2D eigenvalue weighted by Gasteiger charge is 2.24. The van der Waals surface area contributed by atoms with Crippen molar-refractivity contribution in [2.75, 3.05) is 37.6 Å². The highest BCUT2D eigenvalue weighted by molar-refractivity contribution is 6.42. The average molecular weight is 461 g/mol. The van der Waals surface area contributed by atoms with Gasteiger partial charge in [-0.25, -0.2) is 4.98 Å². The van der Waals surface area contributed by atoms with Gasteiger partial charge in [0.2, 0.25) is 0 Å². The summed E-state index contributed by atoms with van der Waals surface area (Å²) in [7, 11) is 0. The van der Waals surface area contributed by atoms with Crippen molar-refractivity contribution in [3.63, 3.8) is 0 Å². The SMILES string of the molecule is O=C(NC1CCC(CCN2CCN(c3ccccn3)CC2)CC1)c1ccc(Cl)c(Cl)c1. The molecular formula is C24H30Cl2N4O. The summed E-state index contributed by atoms with van der Waals surface area (Å²) in [6.45, 7) is 5.47. The number of nitrogens with zero attached hydrogens (tertiary/aromatic N) is 3. The molecule has 2 aromatic rings. The highest BCUT2D eigenvalue weighted by Crippen LogP contribution is 2.28.